The van der Waals surface area contributed by atoms with E-state index in [4.69, 9.17) is 10.4 Å². The summed E-state index contributed by atoms with van der Waals surface area (Å²) in [7, 11) is -3.93. The number of nitrogens with zero attached hydrogens (tertiary/aromatic N) is 1. The van der Waals surface area contributed by atoms with Crippen LogP contribution in [0.5, 0.6) is 0 Å². The molecule has 0 amide bonds. The molecule has 0 fully saturated rings. The van der Waals surface area contributed by atoms with Gasteiger partial charge in [0, 0.05) is 4.47 Å². The van der Waals surface area contributed by atoms with Crippen molar-refractivity contribution >= 4 is 48.9 Å². The summed E-state index contributed by atoms with van der Waals surface area (Å²) in [5, 5.41) is 17.8. The topological polar surface area (TPSA) is 107 Å². The van der Waals surface area contributed by atoms with Crippen molar-refractivity contribution in [3.05, 3.63) is 45.2 Å². The molecule has 108 valence electrons. The van der Waals surface area contributed by atoms with Crippen LogP contribution >= 0.6 is 27.3 Å². The summed E-state index contributed by atoms with van der Waals surface area (Å²) in [5.41, 5.74) is 0.286. The molecule has 1 aromatic heterocycles. The van der Waals surface area contributed by atoms with E-state index in [-0.39, 0.29) is 20.3 Å². The van der Waals surface area contributed by atoms with Gasteiger partial charge in [-0.15, -0.1) is 11.3 Å². The Hall–Kier alpha value is -1.89. The highest BCUT2D eigenvalue weighted by Gasteiger charge is 2.20. The van der Waals surface area contributed by atoms with Crippen LogP contribution in [0.25, 0.3) is 0 Å². The van der Waals surface area contributed by atoms with Gasteiger partial charge in [-0.1, -0.05) is 15.9 Å². The van der Waals surface area contributed by atoms with Crippen molar-refractivity contribution in [3.63, 3.8) is 0 Å². The second-order valence-electron chi connectivity index (χ2n) is 3.83. The molecule has 1 aromatic carbocycles. The number of benzene rings is 1. The predicted octanol–water partition coefficient (Wildman–Crippen LogP) is 2.88. The van der Waals surface area contributed by atoms with Gasteiger partial charge in [0.05, 0.1) is 11.3 Å². The molecule has 0 bridgehead atoms. The first kappa shape index (κ1) is 15.5. The third kappa shape index (κ3) is 3.41. The van der Waals surface area contributed by atoms with Gasteiger partial charge in [-0.05, 0) is 30.3 Å². The second kappa shape index (κ2) is 5.85. The number of anilines is 1. The normalized spacial score (nSPS) is 10.9. The quantitative estimate of drug-likeness (QED) is 0.839. The highest BCUT2D eigenvalue weighted by Crippen LogP contribution is 2.26. The zero-order valence-corrected chi connectivity index (χ0v) is 13.4. The number of rotatable bonds is 4. The number of sulfonamides is 1. The Kier molecular flexibility index (Phi) is 4.32. The van der Waals surface area contributed by atoms with Crippen LogP contribution in [0.4, 0.5) is 5.69 Å². The lowest BCUT2D eigenvalue weighted by Gasteiger charge is -2.08. The predicted molar refractivity (Wildman–Crippen MR) is 80.9 cm³/mol. The SMILES string of the molecule is N#Cc1cc(Br)ccc1NS(=O)(=O)c1ccc(C(=O)O)s1. The van der Waals surface area contributed by atoms with Crippen molar-refractivity contribution in [2.75, 3.05) is 4.72 Å². The summed E-state index contributed by atoms with van der Waals surface area (Å²) in [6, 6.07) is 8.84. The van der Waals surface area contributed by atoms with E-state index in [2.05, 4.69) is 20.7 Å². The molecular weight excluding hydrogens is 380 g/mol. The summed E-state index contributed by atoms with van der Waals surface area (Å²) in [4.78, 5) is 10.7. The maximum Gasteiger partial charge on any atom is 0.345 e. The van der Waals surface area contributed by atoms with E-state index in [1.165, 1.54) is 24.3 Å². The Bertz CT molecular complexity index is 852. The molecular formula is C12H7BrN2O4S2. The molecule has 1 heterocycles. The molecule has 9 heteroatoms. The minimum atomic E-state index is -3.93. The van der Waals surface area contributed by atoms with E-state index >= 15 is 0 Å². The molecule has 0 unspecified atom stereocenters. The standard InChI is InChI=1S/C12H7BrN2O4S2/c13-8-1-2-9(7(5-8)6-14)15-21(18,19)11-4-3-10(20-11)12(16)17/h1-5,15H,(H,16,17). The van der Waals surface area contributed by atoms with Gasteiger partial charge in [-0.25, -0.2) is 13.2 Å². The van der Waals surface area contributed by atoms with Crippen LogP contribution in [0.2, 0.25) is 0 Å². The average molecular weight is 387 g/mol. The van der Waals surface area contributed by atoms with E-state index in [1.54, 1.807) is 6.07 Å². The maximum absolute atomic E-state index is 12.2. The lowest BCUT2D eigenvalue weighted by molar-refractivity contribution is 0.0702. The summed E-state index contributed by atoms with van der Waals surface area (Å²) >= 11 is 3.83. The number of carbonyl (C=O) groups is 1. The molecule has 0 radical (unpaired) electrons. The van der Waals surface area contributed by atoms with Crippen molar-refractivity contribution < 1.29 is 18.3 Å². The van der Waals surface area contributed by atoms with Crippen molar-refractivity contribution in [2.45, 2.75) is 4.21 Å². The first-order chi connectivity index (χ1) is 9.83. The number of halogens is 1. The molecule has 2 N–H and O–H groups in total. The van der Waals surface area contributed by atoms with E-state index in [0.29, 0.717) is 15.8 Å². The van der Waals surface area contributed by atoms with Gasteiger partial charge in [0.25, 0.3) is 10.0 Å². The van der Waals surface area contributed by atoms with Gasteiger partial charge >= 0.3 is 5.97 Å². The second-order valence-corrected chi connectivity index (χ2v) is 7.74. The molecule has 0 aliphatic heterocycles. The zero-order valence-electron chi connectivity index (χ0n) is 10.2. The smallest absolute Gasteiger partial charge is 0.345 e. The number of hydrogen-bond acceptors (Lipinski definition) is 5. The van der Waals surface area contributed by atoms with Crippen LogP contribution in [-0.2, 0) is 10.0 Å². The lowest BCUT2D eigenvalue weighted by Crippen LogP contribution is -2.12. The van der Waals surface area contributed by atoms with Gasteiger partial charge in [-0.3, -0.25) is 4.72 Å². The number of nitriles is 1. The van der Waals surface area contributed by atoms with Crippen LogP contribution in [0.1, 0.15) is 15.2 Å². The number of thiophene rings is 1. The Balaban J connectivity index is 2.37. The molecule has 2 aromatic rings. The molecule has 6 nitrogen and oxygen atoms in total. The molecule has 21 heavy (non-hydrogen) atoms. The monoisotopic (exact) mass is 386 g/mol. The fourth-order valence-electron chi connectivity index (χ4n) is 1.47. The Labute approximate surface area is 132 Å². The molecule has 0 saturated heterocycles. The van der Waals surface area contributed by atoms with Crippen molar-refractivity contribution in [2.24, 2.45) is 0 Å². The maximum atomic E-state index is 12.2. The van der Waals surface area contributed by atoms with Gasteiger partial charge in [0.2, 0.25) is 0 Å². The number of aromatic carboxylic acids is 1. The lowest BCUT2D eigenvalue weighted by atomic mass is 10.2. The van der Waals surface area contributed by atoms with Crippen molar-refractivity contribution in [3.8, 4) is 6.07 Å². The summed E-state index contributed by atoms with van der Waals surface area (Å²) < 4.78 is 27.1. The molecule has 0 saturated carbocycles. The number of hydrogen-bond donors (Lipinski definition) is 2. The van der Waals surface area contributed by atoms with E-state index in [0.717, 1.165) is 0 Å². The third-order valence-electron chi connectivity index (χ3n) is 2.40. The number of carboxylic acid groups (broad SMARTS) is 1. The molecule has 2 rings (SSSR count). The van der Waals surface area contributed by atoms with E-state index < -0.39 is 16.0 Å². The van der Waals surface area contributed by atoms with E-state index in [1.807, 2.05) is 6.07 Å². The first-order valence-corrected chi connectivity index (χ1v) is 8.48. The van der Waals surface area contributed by atoms with Crippen LogP contribution in [0, 0.1) is 11.3 Å². The van der Waals surface area contributed by atoms with Crippen molar-refractivity contribution in [1.29, 1.82) is 5.26 Å². The van der Waals surface area contributed by atoms with Crippen molar-refractivity contribution in [1.82, 2.24) is 0 Å². The molecule has 0 atom stereocenters. The van der Waals surface area contributed by atoms with Gasteiger partial charge in [0.1, 0.15) is 15.2 Å². The number of carboxylic acids is 1. The molecule has 0 aliphatic rings. The largest absolute Gasteiger partial charge is 0.477 e. The van der Waals surface area contributed by atoms with Crippen LogP contribution < -0.4 is 4.72 Å². The highest BCUT2D eigenvalue weighted by atomic mass is 79.9. The van der Waals surface area contributed by atoms with Gasteiger partial charge < -0.3 is 5.11 Å². The molecule has 0 aliphatic carbocycles. The van der Waals surface area contributed by atoms with Crippen LogP contribution in [-0.4, -0.2) is 19.5 Å². The molecule has 0 spiro atoms. The summed E-state index contributed by atoms with van der Waals surface area (Å²) in [6.45, 7) is 0. The summed E-state index contributed by atoms with van der Waals surface area (Å²) in [5.74, 6) is -1.19. The Morgan fingerprint density at radius 2 is 2.05 bits per heavy atom. The number of nitrogens with one attached hydrogen (secondary N) is 1. The fourth-order valence-corrected chi connectivity index (χ4v) is 4.06. The highest BCUT2D eigenvalue weighted by molar-refractivity contribution is 9.10. The minimum absolute atomic E-state index is 0.0771. The Morgan fingerprint density at radius 3 is 2.62 bits per heavy atom. The minimum Gasteiger partial charge on any atom is -0.477 e. The van der Waals surface area contributed by atoms with Crippen LogP contribution in [0.15, 0.2) is 39.0 Å². The zero-order chi connectivity index (χ0) is 15.6. The van der Waals surface area contributed by atoms with Gasteiger partial charge in [-0.2, -0.15) is 5.26 Å². The summed E-state index contributed by atoms with van der Waals surface area (Å²) in [6.07, 6.45) is 0. The van der Waals surface area contributed by atoms with Crippen LogP contribution in [0.3, 0.4) is 0 Å². The third-order valence-corrected chi connectivity index (χ3v) is 5.83. The fraction of sp³-hybridized carbons (Fsp3) is 0. The Morgan fingerprint density at radius 1 is 1.33 bits per heavy atom. The van der Waals surface area contributed by atoms with Gasteiger partial charge in [0.15, 0.2) is 0 Å². The first-order valence-electron chi connectivity index (χ1n) is 5.39. The van der Waals surface area contributed by atoms with E-state index in [9.17, 15) is 13.2 Å². The average Bonchev–Trinajstić information content (AvgIpc) is 2.91.